The summed E-state index contributed by atoms with van der Waals surface area (Å²) >= 11 is 0. The molecule has 0 amide bonds. The molecule has 1 aromatic carbocycles. The molecule has 1 aromatic rings. The molecule has 0 bridgehead atoms. The topological polar surface area (TPSA) is 73.2 Å². The van der Waals surface area contributed by atoms with Crippen molar-refractivity contribution in [2.24, 2.45) is 11.3 Å². The van der Waals surface area contributed by atoms with E-state index < -0.39 is 28.9 Å². The molecule has 2 fully saturated rings. The van der Waals surface area contributed by atoms with Crippen LogP contribution in [0.2, 0.25) is 0 Å². The van der Waals surface area contributed by atoms with Gasteiger partial charge in [0.15, 0.2) is 11.6 Å². The number of aliphatic hydroxyl groups excluding tert-OH is 1. The van der Waals surface area contributed by atoms with Gasteiger partial charge in [0, 0.05) is 25.7 Å². The van der Waals surface area contributed by atoms with Gasteiger partial charge in [-0.3, -0.25) is 4.90 Å². The Kier molecular flexibility index (Phi) is 6.77. The van der Waals surface area contributed by atoms with E-state index in [1.165, 1.54) is 6.07 Å². The summed E-state index contributed by atoms with van der Waals surface area (Å²) in [5.74, 6) is -1.33. The molecule has 1 heterocycles. The van der Waals surface area contributed by atoms with Gasteiger partial charge in [-0.2, -0.15) is 0 Å². The van der Waals surface area contributed by atoms with Crippen LogP contribution in [0, 0.1) is 23.0 Å². The van der Waals surface area contributed by atoms with E-state index in [0.717, 1.165) is 37.8 Å². The Morgan fingerprint density at radius 2 is 1.77 bits per heavy atom. The van der Waals surface area contributed by atoms with Crippen LogP contribution >= 0.6 is 0 Å². The number of aliphatic hydroxyl groups is 3. The van der Waals surface area contributed by atoms with Gasteiger partial charge in [0.2, 0.25) is 0 Å². The monoisotopic (exact) mass is 427 g/mol. The highest BCUT2D eigenvalue weighted by molar-refractivity contribution is 5.23. The van der Waals surface area contributed by atoms with Gasteiger partial charge in [0.05, 0.1) is 11.7 Å². The zero-order chi connectivity index (χ0) is 22.2. The lowest BCUT2D eigenvalue weighted by Crippen LogP contribution is -2.62. The fourth-order valence-corrected chi connectivity index (χ4v) is 4.79. The van der Waals surface area contributed by atoms with Crippen LogP contribution in [-0.4, -0.2) is 63.8 Å². The van der Waals surface area contributed by atoms with Crippen LogP contribution in [0.25, 0.3) is 0 Å². The summed E-state index contributed by atoms with van der Waals surface area (Å²) in [7, 11) is 0. The first-order valence-corrected chi connectivity index (χ1v) is 10.8. The summed E-state index contributed by atoms with van der Waals surface area (Å²) in [5.41, 5.74) is -2.12. The van der Waals surface area contributed by atoms with Gasteiger partial charge in [-0.05, 0) is 55.6 Å². The molecule has 1 aliphatic carbocycles. The predicted molar refractivity (Wildman–Crippen MR) is 110 cm³/mol. The molecule has 30 heavy (non-hydrogen) atoms. The number of rotatable bonds is 5. The highest BCUT2D eigenvalue weighted by Gasteiger charge is 2.45. The minimum absolute atomic E-state index is 0.0887. The minimum Gasteiger partial charge on any atom is -0.490 e. The summed E-state index contributed by atoms with van der Waals surface area (Å²) < 4.78 is 31.9. The van der Waals surface area contributed by atoms with Crippen LogP contribution < -0.4 is 4.74 Å². The number of halogens is 2. The molecule has 1 aliphatic heterocycles. The first kappa shape index (κ1) is 23.4. The average Bonchev–Trinajstić information content (AvgIpc) is 2.65. The predicted octanol–water partition coefficient (Wildman–Crippen LogP) is 3.11. The second-order valence-corrected chi connectivity index (χ2v) is 10.3. The zero-order valence-corrected chi connectivity index (χ0v) is 18.2. The van der Waals surface area contributed by atoms with Crippen molar-refractivity contribution in [1.29, 1.82) is 0 Å². The molecular formula is C23H35F2NO4. The molecule has 170 valence electrons. The molecule has 0 unspecified atom stereocenters. The Bertz CT molecular complexity index is 730. The molecule has 0 aromatic heterocycles. The van der Waals surface area contributed by atoms with E-state index in [-0.39, 0.29) is 24.3 Å². The van der Waals surface area contributed by atoms with Crippen LogP contribution in [0.15, 0.2) is 18.2 Å². The smallest absolute Gasteiger partial charge is 0.162 e. The van der Waals surface area contributed by atoms with Crippen molar-refractivity contribution in [3.63, 3.8) is 0 Å². The van der Waals surface area contributed by atoms with Gasteiger partial charge in [0.25, 0.3) is 0 Å². The Hall–Kier alpha value is -1.28. The maximum absolute atomic E-state index is 13.4. The van der Waals surface area contributed by atoms with E-state index >= 15 is 0 Å². The molecule has 3 N–H and O–H groups in total. The number of likely N-dealkylation sites (tertiary alicyclic amines) is 1. The number of ether oxygens (including phenoxy) is 1. The van der Waals surface area contributed by atoms with E-state index in [4.69, 9.17) is 4.74 Å². The third-order valence-corrected chi connectivity index (χ3v) is 6.88. The normalized spacial score (nSPS) is 33.5. The second kappa shape index (κ2) is 8.69. The molecule has 1 saturated heterocycles. The number of hydrogen-bond donors (Lipinski definition) is 3. The van der Waals surface area contributed by atoms with Crippen LogP contribution in [0.3, 0.4) is 0 Å². The van der Waals surface area contributed by atoms with Crippen molar-refractivity contribution >= 4 is 0 Å². The van der Waals surface area contributed by atoms with Crippen LogP contribution in [0.4, 0.5) is 8.78 Å². The van der Waals surface area contributed by atoms with Crippen molar-refractivity contribution in [3.05, 3.63) is 29.8 Å². The second-order valence-electron chi connectivity index (χ2n) is 10.3. The van der Waals surface area contributed by atoms with Crippen LogP contribution in [0.1, 0.15) is 52.9 Å². The lowest BCUT2D eigenvalue weighted by atomic mass is 9.68. The van der Waals surface area contributed by atoms with Gasteiger partial charge < -0.3 is 20.1 Å². The number of benzene rings is 1. The molecule has 3 rings (SSSR count). The molecule has 7 heteroatoms. The lowest BCUT2D eigenvalue weighted by molar-refractivity contribution is -0.151. The van der Waals surface area contributed by atoms with Crippen molar-refractivity contribution in [2.45, 2.75) is 70.2 Å². The Morgan fingerprint density at radius 3 is 2.37 bits per heavy atom. The van der Waals surface area contributed by atoms with E-state index in [1.807, 2.05) is 4.90 Å². The largest absolute Gasteiger partial charge is 0.490 e. The Labute approximate surface area is 177 Å². The summed E-state index contributed by atoms with van der Waals surface area (Å²) in [6.07, 6.45) is 2.73. The van der Waals surface area contributed by atoms with Crippen LogP contribution in [0.5, 0.6) is 5.75 Å². The summed E-state index contributed by atoms with van der Waals surface area (Å²) in [5, 5.41) is 32.5. The maximum Gasteiger partial charge on any atom is 0.162 e. The molecule has 2 aliphatic rings. The van der Waals surface area contributed by atoms with Crippen molar-refractivity contribution in [2.75, 3.05) is 26.2 Å². The Morgan fingerprint density at radius 1 is 1.10 bits per heavy atom. The van der Waals surface area contributed by atoms with Gasteiger partial charge >= 0.3 is 0 Å². The first-order valence-electron chi connectivity index (χ1n) is 10.8. The van der Waals surface area contributed by atoms with E-state index in [2.05, 4.69) is 20.8 Å². The van der Waals surface area contributed by atoms with Crippen molar-refractivity contribution in [1.82, 2.24) is 4.90 Å². The summed E-state index contributed by atoms with van der Waals surface area (Å²) in [4.78, 5) is 1.97. The quantitative estimate of drug-likeness (QED) is 0.674. The van der Waals surface area contributed by atoms with Gasteiger partial charge in [-0.1, -0.05) is 20.8 Å². The highest BCUT2D eigenvalue weighted by atomic mass is 19.2. The van der Waals surface area contributed by atoms with Crippen LogP contribution in [-0.2, 0) is 0 Å². The van der Waals surface area contributed by atoms with E-state index in [9.17, 15) is 24.1 Å². The standard InChI is InChI=1S/C23H35F2NO4/c1-21(2,3)16-6-9-22(28,10-7-16)13-26-11-8-20(27)23(29,14-26)15-30-17-4-5-18(24)19(25)12-17/h4-5,12,16,20,27-29H,6-11,13-15H2,1-3H3/t16?,20-,22?,23-/m0/s1. The number of β-amino-alcohol motifs (C(OH)–C–C–N with tert-alkyl or cyclic N) is 2. The zero-order valence-electron chi connectivity index (χ0n) is 18.2. The third kappa shape index (κ3) is 5.49. The lowest BCUT2D eigenvalue weighted by Gasteiger charge is -2.47. The SMILES string of the molecule is CC(C)(C)C1CCC(O)(CN2CC[C@H](O)[C@@](O)(COc3ccc(F)c(F)c3)C2)CC1. The average molecular weight is 428 g/mol. The van der Waals surface area contributed by atoms with E-state index in [1.54, 1.807) is 0 Å². The highest BCUT2D eigenvalue weighted by Crippen LogP contribution is 2.42. The van der Waals surface area contributed by atoms with Gasteiger partial charge in [-0.25, -0.2) is 8.78 Å². The van der Waals surface area contributed by atoms with Crippen molar-refractivity contribution in [3.8, 4) is 5.75 Å². The summed E-state index contributed by atoms with van der Waals surface area (Å²) in [6.45, 7) is 7.61. The number of hydrogen-bond acceptors (Lipinski definition) is 5. The van der Waals surface area contributed by atoms with Crippen molar-refractivity contribution < 1.29 is 28.8 Å². The molecule has 0 spiro atoms. The fraction of sp³-hybridized carbons (Fsp3) is 0.739. The number of piperidine rings is 1. The Balaban J connectivity index is 1.58. The van der Waals surface area contributed by atoms with Gasteiger partial charge in [0.1, 0.15) is 18.0 Å². The molecule has 1 saturated carbocycles. The van der Waals surface area contributed by atoms with Gasteiger partial charge in [-0.15, -0.1) is 0 Å². The number of nitrogens with zero attached hydrogens (tertiary/aromatic N) is 1. The van der Waals surface area contributed by atoms with E-state index in [0.29, 0.717) is 25.4 Å². The molecule has 2 atom stereocenters. The maximum atomic E-state index is 13.4. The fourth-order valence-electron chi connectivity index (χ4n) is 4.79. The molecular weight excluding hydrogens is 392 g/mol. The third-order valence-electron chi connectivity index (χ3n) is 6.88. The molecule has 0 radical (unpaired) electrons. The summed E-state index contributed by atoms with van der Waals surface area (Å²) in [6, 6.07) is 3.16. The minimum atomic E-state index is -1.55. The molecule has 5 nitrogen and oxygen atoms in total. The first-order chi connectivity index (χ1) is 13.9.